The van der Waals surface area contributed by atoms with Gasteiger partial charge in [0.1, 0.15) is 5.82 Å². The zero-order valence-electron chi connectivity index (χ0n) is 7.05. The summed E-state index contributed by atoms with van der Waals surface area (Å²) in [4.78, 5) is 0. The van der Waals surface area contributed by atoms with Gasteiger partial charge in [0, 0.05) is 18.3 Å². The highest BCUT2D eigenvalue weighted by atomic mass is 19.1. The predicted octanol–water partition coefficient (Wildman–Crippen LogP) is 1.58. The Hall–Kier alpha value is -1.09. The van der Waals surface area contributed by atoms with Crippen molar-refractivity contribution in [2.24, 2.45) is 5.73 Å². The van der Waals surface area contributed by atoms with Gasteiger partial charge in [-0.05, 0) is 25.1 Å². The van der Waals surface area contributed by atoms with Gasteiger partial charge in [-0.25, -0.2) is 4.39 Å². The first-order valence-electron chi connectivity index (χ1n) is 3.93. The van der Waals surface area contributed by atoms with Gasteiger partial charge in [-0.2, -0.15) is 0 Å². The summed E-state index contributed by atoms with van der Waals surface area (Å²) in [6.07, 6.45) is 0. The Morgan fingerprint density at radius 1 is 1.58 bits per heavy atom. The SMILES string of the molecule is CC(N)CNc1cccc(F)c1. The van der Waals surface area contributed by atoms with Gasteiger partial charge in [0.2, 0.25) is 0 Å². The van der Waals surface area contributed by atoms with Crippen molar-refractivity contribution in [1.82, 2.24) is 0 Å². The van der Waals surface area contributed by atoms with Crippen molar-refractivity contribution in [1.29, 1.82) is 0 Å². The summed E-state index contributed by atoms with van der Waals surface area (Å²) >= 11 is 0. The topological polar surface area (TPSA) is 38.0 Å². The minimum absolute atomic E-state index is 0.0771. The molecule has 0 aliphatic heterocycles. The Balaban J connectivity index is 2.52. The third-order valence-corrected chi connectivity index (χ3v) is 1.45. The molecule has 1 atom stereocenters. The van der Waals surface area contributed by atoms with Crippen LogP contribution in [0.4, 0.5) is 10.1 Å². The molecule has 1 aromatic carbocycles. The lowest BCUT2D eigenvalue weighted by Crippen LogP contribution is -2.25. The van der Waals surface area contributed by atoms with Crippen molar-refractivity contribution in [3.63, 3.8) is 0 Å². The molecule has 1 aromatic rings. The molecular formula is C9H13FN2. The lowest BCUT2D eigenvalue weighted by molar-refractivity contribution is 0.628. The van der Waals surface area contributed by atoms with Crippen LogP contribution in [0.3, 0.4) is 0 Å². The third kappa shape index (κ3) is 2.88. The van der Waals surface area contributed by atoms with Crippen LogP contribution in [0.2, 0.25) is 0 Å². The first-order valence-corrected chi connectivity index (χ1v) is 3.93. The molecule has 0 spiro atoms. The Labute approximate surface area is 71.6 Å². The number of halogens is 1. The zero-order chi connectivity index (χ0) is 8.97. The molecule has 1 unspecified atom stereocenters. The smallest absolute Gasteiger partial charge is 0.125 e. The highest BCUT2D eigenvalue weighted by Crippen LogP contribution is 2.08. The molecule has 0 saturated carbocycles. The van der Waals surface area contributed by atoms with Gasteiger partial charge in [-0.1, -0.05) is 6.07 Å². The molecular weight excluding hydrogens is 155 g/mol. The van der Waals surface area contributed by atoms with E-state index in [4.69, 9.17) is 5.73 Å². The molecule has 0 amide bonds. The molecule has 0 aliphatic carbocycles. The van der Waals surface area contributed by atoms with Gasteiger partial charge in [-0.3, -0.25) is 0 Å². The molecule has 2 nitrogen and oxygen atoms in total. The molecule has 1 rings (SSSR count). The Kier molecular flexibility index (Phi) is 3.05. The van der Waals surface area contributed by atoms with Crippen LogP contribution < -0.4 is 11.1 Å². The van der Waals surface area contributed by atoms with E-state index in [9.17, 15) is 4.39 Å². The zero-order valence-corrected chi connectivity index (χ0v) is 7.05. The summed E-state index contributed by atoms with van der Waals surface area (Å²) in [6, 6.07) is 6.41. The van der Waals surface area contributed by atoms with Crippen molar-refractivity contribution in [2.45, 2.75) is 13.0 Å². The van der Waals surface area contributed by atoms with Crippen molar-refractivity contribution in [2.75, 3.05) is 11.9 Å². The number of benzene rings is 1. The van der Waals surface area contributed by atoms with Crippen molar-refractivity contribution >= 4 is 5.69 Å². The van der Waals surface area contributed by atoms with Gasteiger partial charge >= 0.3 is 0 Å². The second-order valence-electron chi connectivity index (χ2n) is 2.87. The largest absolute Gasteiger partial charge is 0.383 e. The summed E-state index contributed by atoms with van der Waals surface area (Å²) in [5.41, 5.74) is 6.29. The average molecular weight is 168 g/mol. The monoisotopic (exact) mass is 168 g/mol. The number of nitrogens with two attached hydrogens (primary N) is 1. The molecule has 0 radical (unpaired) electrons. The van der Waals surface area contributed by atoms with Gasteiger partial charge in [-0.15, -0.1) is 0 Å². The van der Waals surface area contributed by atoms with Crippen LogP contribution in [0.5, 0.6) is 0 Å². The maximum Gasteiger partial charge on any atom is 0.125 e. The van der Waals surface area contributed by atoms with Crippen LogP contribution in [0.25, 0.3) is 0 Å². The van der Waals surface area contributed by atoms with Crippen LogP contribution >= 0.6 is 0 Å². The van der Waals surface area contributed by atoms with Crippen molar-refractivity contribution in [3.05, 3.63) is 30.1 Å². The Morgan fingerprint density at radius 3 is 2.92 bits per heavy atom. The molecule has 3 N–H and O–H groups in total. The van der Waals surface area contributed by atoms with Gasteiger partial charge in [0.05, 0.1) is 0 Å². The summed E-state index contributed by atoms with van der Waals surface area (Å²) in [5.74, 6) is -0.232. The molecule has 0 heterocycles. The lowest BCUT2D eigenvalue weighted by atomic mass is 10.3. The summed E-state index contributed by atoms with van der Waals surface area (Å²) in [5, 5.41) is 3.02. The number of anilines is 1. The predicted molar refractivity (Wildman–Crippen MR) is 48.5 cm³/mol. The fourth-order valence-electron chi connectivity index (χ4n) is 0.877. The molecule has 0 saturated heterocycles. The fraction of sp³-hybridized carbons (Fsp3) is 0.333. The standard InChI is InChI=1S/C9H13FN2/c1-7(11)6-12-9-4-2-3-8(10)5-9/h2-5,7,12H,6,11H2,1H3. The molecule has 0 bridgehead atoms. The molecule has 66 valence electrons. The van der Waals surface area contributed by atoms with Crippen LogP contribution in [-0.4, -0.2) is 12.6 Å². The molecule has 12 heavy (non-hydrogen) atoms. The van der Waals surface area contributed by atoms with E-state index in [0.717, 1.165) is 5.69 Å². The van der Waals surface area contributed by atoms with Crippen molar-refractivity contribution < 1.29 is 4.39 Å². The second kappa shape index (κ2) is 4.07. The van der Waals surface area contributed by atoms with Crippen LogP contribution in [-0.2, 0) is 0 Å². The number of rotatable bonds is 3. The van der Waals surface area contributed by atoms with Gasteiger partial charge in [0.15, 0.2) is 0 Å². The third-order valence-electron chi connectivity index (χ3n) is 1.45. The molecule has 0 aromatic heterocycles. The summed E-state index contributed by atoms with van der Waals surface area (Å²) in [6.45, 7) is 2.55. The van der Waals surface area contributed by atoms with E-state index < -0.39 is 0 Å². The van der Waals surface area contributed by atoms with Crippen LogP contribution in [0.15, 0.2) is 24.3 Å². The molecule has 0 aliphatic rings. The van der Waals surface area contributed by atoms with Crippen LogP contribution in [0.1, 0.15) is 6.92 Å². The van der Waals surface area contributed by atoms with E-state index in [1.807, 2.05) is 13.0 Å². The highest BCUT2D eigenvalue weighted by Gasteiger charge is 1.95. The van der Waals surface area contributed by atoms with E-state index in [0.29, 0.717) is 6.54 Å². The average Bonchev–Trinajstić information content (AvgIpc) is 2.01. The van der Waals surface area contributed by atoms with E-state index in [-0.39, 0.29) is 11.9 Å². The first-order chi connectivity index (χ1) is 5.68. The normalized spacial score (nSPS) is 12.6. The molecule has 3 heteroatoms. The van der Waals surface area contributed by atoms with E-state index >= 15 is 0 Å². The van der Waals surface area contributed by atoms with Gasteiger partial charge in [0.25, 0.3) is 0 Å². The second-order valence-corrected chi connectivity index (χ2v) is 2.87. The van der Waals surface area contributed by atoms with E-state index in [1.165, 1.54) is 12.1 Å². The maximum absolute atomic E-state index is 12.6. The van der Waals surface area contributed by atoms with E-state index in [2.05, 4.69) is 5.32 Å². The number of hydrogen-bond acceptors (Lipinski definition) is 2. The number of nitrogens with one attached hydrogen (secondary N) is 1. The minimum Gasteiger partial charge on any atom is -0.383 e. The minimum atomic E-state index is -0.232. The van der Waals surface area contributed by atoms with Crippen LogP contribution in [0, 0.1) is 5.82 Å². The number of hydrogen-bond donors (Lipinski definition) is 2. The Bertz CT molecular complexity index is 248. The van der Waals surface area contributed by atoms with E-state index in [1.54, 1.807) is 6.07 Å². The Morgan fingerprint density at radius 2 is 2.33 bits per heavy atom. The first kappa shape index (κ1) is 9.00. The highest BCUT2D eigenvalue weighted by molar-refractivity contribution is 5.43. The summed E-state index contributed by atoms with van der Waals surface area (Å²) in [7, 11) is 0. The molecule has 0 fully saturated rings. The quantitative estimate of drug-likeness (QED) is 0.719. The summed E-state index contributed by atoms with van der Waals surface area (Å²) < 4.78 is 12.6. The van der Waals surface area contributed by atoms with Crippen molar-refractivity contribution in [3.8, 4) is 0 Å². The van der Waals surface area contributed by atoms with Gasteiger partial charge < -0.3 is 11.1 Å². The lowest BCUT2D eigenvalue weighted by Gasteiger charge is -2.08. The fourth-order valence-corrected chi connectivity index (χ4v) is 0.877. The maximum atomic E-state index is 12.6.